The van der Waals surface area contributed by atoms with E-state index in [-0.39, 0.29) is 16.1 Å². The first-order chi connectivity index (χ1) is 8.97. The lowest BCUT2D eigenvalue weighted by Gasteiger charge is -2.09. The lowest BCUT2D eigenvalue weighted by atomic mass is 10.1. The van der Waals surface area contributed by atoms with Gasteiger partial charge < -0.3 is 5.32 Å². The molecule has 1 N–H and O–H groups in total. The van der Waals surface area contributed by atoms with E-state index in [0.717, 1.165) is 16.8 Å². The molecule has 1 aromatic carbocycles. The summed E-state index contributed by atoms with van der Waals surface area (Å²) in [5, 5.41) is 3.26. The number of carbonyl (C=O) groups excluding carboxylic acids is 1. The van der Waals surface area contributed by atoms with Crippen LogP contribution in [0.3, 0.4) is 0 Å². The maximum atomic E-state index is 12.1. The Morgan fingerprint density at radius 1 is 1.21 bits per heavy atom. The largest absolute Gasteiger partial charge is 0.322 e. The van der Waals surface area contributed by atoms with Crippen molar-refractivity contribution in [3.63, 3.8) is 0 Å². The Hall–Kier alpha value is -1.58. The molecule has 1 heterocycles. The highest BCUT2D eigenvalue weighted by molar-refractivity contribution is 6.41. The van der Waals surface area contributed by atoms with Crippen LogP contribution in [0.5, 0.6) is 0 Å². The first-order valence-electron chi connectivity index (χ1n) is 5.67. The predicted molar refractivity (Wildman–Crippen MR) is 78.1 cm³/mol. The van der Waals surface area contributed by atoms with Gasteiger partial charge in [0.25, 0.3) is 5.91 Å². The lowest BCUT2D eigenvalue weighted by molar-refractivity contribution is 0.102. The average molecular weight is 295 g/mol. The Kier molecular flexibility index (Phi) is 4.08. The molecule has 3 nitrogen and oxygen atoms in total. The molecule has 0 saturated carbocycles. The molecule has 0 saturated heterocycles. The smallest absolute Gasteiger partial charge is 0.257 e. The molecular formula is C14H12Cl2N2O. The van der Waals surface area contributed by atoms with Crippen LogP contribution in [0.1, 0.15) is 21.5 Å². The van der Waals surface area contributed by atoms with Crippen LogP contribution in [-0.4, -0.2) is 10.9 Å². The van der Waals surface area contributed by atoms with Crippen LogP contribution in [-0.2, 0) is 0 Å². The molecule has 0 aliphatic heterocycles. The SMILES string of the molecule is Cc1ccc(NC(=O)c2cnc(Cl)c(Cl)c2)c(C)c1. The van der Waals surface area contributed by atoms with E-state index in [2.05, 4.69) is 10.3 Å². The number of nitrogens with one attached hydrogen (secondary N) is 1. The predicted octanol–water partition coefficient (Wildman–Crippen LogP) is 4.26. The highest BCUT2D eigenvalue weighted by atomic mass is 35.5. The van der Waals surface area contributed by atoms with Gasteiger partial charge in [-0.05, 0) is 31.5 Å². The number of anilines is 1. The third-order valence-electron chi connectivity index (χ3n) is 2.69. The summed E-state index contributed by atoms with van der Waals surface area (Å²) in [5.74, 6) is -0.266. The van der Waals surface area contributed by atoms with E-state index in [9.17, 15) is 4.79 Å². The maximum absolute atomic E-state index is 12.1. The number of hydrogen-bond donors (Lipinski definition) is 1. The fraction of sp³-hybridized carbons (Fsp3) is 0.143. The van der Waals surface area contributed by atoms with Crippen molar-refractivity contribution in [1.82, 2.24) is 4.98 Å². The Labute approximate surface area is 121 Å². The summed E-state index contributed by atoms with van der Waals surface area (Å²) in [6.07, 6.45) is 1.40. The second-order valence-corrected chi connectivity index (χ2v) is 5.03. The van der Waals surface area contributed by atoms with Crippen molar-refractivity contribution in [2.24, 2.45) is 0 Å². The van der Waals surface area contributed by atoms with Gasteiger partial charge in [-0.25, -0.2) is 4.98 Å². The van der Waals surface area contributed by atoms with Gasteiger partial charge in [0.05, 0.1) is 10.6 Å². The number of benzene rings is 1. The van der Waals surface area contributed by atoms with E-state index in [1.165, 1.54) is 12.3 Å². The molecule has 0 fully saturated rings. The fourth-order valence-electron chi connectivity index (χ4n) is 1.69. The van der Waals surface area contributed by atoms with Crippen LogP contribution in [0.4, 0.5) is 5.69 Å². The topological polar surface area (TPSA) is 42.0 Å². The van der Waals surface area contributed by atoms with Crippen molar-refractivity contribution in [2.45, 2.75) is 13.8 Å². The molecule has 98 valence electrons. The summed E-state index contributed by atoms with van der Waals surface area (Å²) in [5.41, 5.74) is 3.28. The van der Waals surface area contributed by atoms with Crippen molar-refractivity contribution >= 4 is 34.8 Å². The number of carbonyl (C=O) groups is 1. The summed E-state index contributed by atoms with van der Waals surface area (Å²) in [4.78, 5) is 15.9. The summed E-state index contributed by atoms with van der Waals surface area (Å²) >= 11 is 11.6. The third kappa shape index (κ3) is 3.25. The minimum atomic E-state index is -0.266. The Morgan fingerprint density at radius 3 is 2.58 bits per heavy atom. The molecule has 19 heavy (non-hydrogen) atoms. The molecule has 0 aliphatic carbocycles. The minimum Gasteiger partial charge on any atom is -0.322 e. The number of rotatable bonds is 2. The molecule has 2 aromatic rings. The van der Waals surface area contributed by atoms with Crippen LogP contribution in [0.2, 0.25) is 10.2 Å². The molecule has 0 bridgehead atoms. The molecule has 1 aromatic heterocycles. The second-order valence-electron chi connectivity index (χ2n) is 4.27. The zero-order valence-corrected chi connectivity index (χ0v) is 12.0. The molecule has 0 atom stereocenters. The highest BCUT2D eigenvalue weighted by Crippen LogP contribution is 2.21. The summed E-state index contributed by atoms with van der Waals surface area (Å²) < 4.78 is 0. The van der Waals surface area contributed by atoms with E-state index in [1.54, 1.807) is 0 Å². The van der Waals surface area contributed by atoms with Gasteiger partial charge in [-0.1, -0.05) is 40.9 Å². The standard InChI is InChI=1S/C14H12Cl2N2O/c1-8-3-4-12(9(2)5-8)18-14(19)10-6-11(15)13(16)17-7-10/h3-7H,1-2H3,(H,18,19). The zero-order valence-electron chi connectivity index (χ0n) is 10.5. The fourth-order valence-corrected chi connectivity index (χ4v) is 1.96. The maximum Gasteiger partial charge on any atom is 0.257 e. The van der Waals surface area contributed by atoms with E-state index < -0.39 is 0 Å². The molecule has 2 rings (SSSR count). The van der Waals surface area contributed by atoms with Crippen LogP contribution in [0, 0.1) is 13.8 Å². The molecule has 0 spiro atoms. The number of hydrogen-bond acceptors (Lipinski definition) is 2. The molecule has 0 aliphatic rings. The molecule has 1 amide bonds. The van der Waals surface area contributed by atoms with Crippen molar-refractivity contribution in [1.29, 1.82) is 0 Å². The van der Waals surface area contributed by atoms with Gasteiger partial charge in [-0.3, -0.25) is 4.79 Å². The van der Waals surface area contributed by atoms with Gasteiger partial charge in [-0.2, -0.15) is 0 Å². The molecule has 5 heteroatoms. The monoisotopic (exact) mass is 294 g/mol. The van der Waals surface area contributed by atoms with Crippen molar-refractivity contribution in [2.75, 3.05) is 5.32 Å². The van der Waals surface area contributed by atoms with E-state index >= 15 is 0 Å². The van der Waals surface area contributed by atoms with Crippen molar-refractivity contribution in [3.8, 4) is 0 Å². The molecule has 0 radical (unpaired) electrons. The third-order valence-corrected chi connectivity index (χ3v) is 3.37. The summed E-state index contributed by atoms with van der Waals surface area (Å²) in [7, 11) is 0. The first kappa shape index (κ1) is 13.8. The van der Waals surface area contributed by atoms with Crippen LogP contribution in [0.25, 0.3) is 0 Å². The van der Waals surface area contributed by atoms with Crippen LogP contribution in [0.15, 0.2) is 30.5 Å². The highest BCUT2D eigenvalue weighted by Gasteiger charge is 2.10. The average Bonchev–Trinajstić information content (AvgIpc) is 2.36. The number of aromatic nitrogens is 1. The van der Waals surface area contributed by atoms with Gasteiger partial charge in [0, 0.05) is 11.9 Å². The van der Waals surface area contributed by atoms with Gasteiger partial charge in [-0.15, -0.1) is 0 Å². The Balaban J connectivity index is 2.23. The number of amides is 1. The zero-order chi connectivity index (χ0) is 14.0. The van der Waals surface area contributed by atoms with Crippen molar-refractivity contribution < 1.29 is 4.79 Å². The van der Waals surface area contributed by atoms with Gasteiger partial charge in [0.2, 0.25) is 0 Å². The van der Waals surface area contributed by atoms with E-state index in [4.69, 9.17) is 23.2 Å². The first-order valence-corrected chi connectivity index (χ1v) is 6.42. The minimum absolute atomic E-state index is 0.185. The van der Waals surface area contributed by atoms with E-state index in [0.29, 0.717) is 5.56 Å². The van der Waals surface area contributed by atoms with Crippen molar-refractivity contribution in [3.05, 3.63) is 57.3 Å². The number of pyridine rings is 1. The summed E-state index contributed by atoms with van der Waals surface area (Å²) in [6.45, 7) is 3.94. The van der Waals surface area contributed by atoms with Gasteiger partial charge in [0.1, 0.15) is 5.15 Å². The quantitative estimate of drug-likeness (QED) is 0.841. The Bertz CT molecular complexity index is 641. The van der Waals surface area contributed by atoms with Crippen LogP contribution >= 0.6 is 23.2 Å². The molecule has 0 unspecified atom stereocenters. The summed E-state index contributed by atoms with van der Waals surface area (Å²) in [6, 6.07) is 7.31. The van der Waals surface area contributed by atoms with E-state index in [1.807, 2.05) is 32.0 Å². The number of halogens is 2. The normalized spacial score (nSPS) is 10.3. The second kappa shape index (κ2) is 5.59. The lowest BCUT2D eigenvalue weighted by Crippen LogP contribution is -2.13. The number of aryl methyl sites for hydroxylation is 2. The van der Waals surface area contributed by atoms with Gasteiger partial charge >= 0.3 is 0 Å². The van der Waals surface area contributed by atoms with Gasteiger partial charge in [0.15, 0.2) is 0 Å². The molecular weight excluding hydrogens is 283 g/mol. The Morgan fingerprint density at radius 2 is 1.95 bits per heavy atom. The van der Waals surface area contributed by atoms with Crippen LogP contribution < -0.4 is 5.32 Å². The number of nitrogens with zero attached hydrogens (tertiary/aromatic N) is 1.